The molecule has 2 aromatic rings. The average Bonchev–Trinajstić information content (AvgIpc) is 3.24. The van der Waals surface area contributed by atoms with Gasteiger partial charge in [0.2, 0.25) is 0 Å². The first kappa shape index (κ1) is 21.5. The molecular formula is C25H35BrN2. The van der Waals surface area contributed by atoms with Crippen LogP contribution in [0.25, 0.3) is 0 Å². The fourth-order valence-electron chi connectivity index (χ4n) is 4.20. The number of nitrogens with zero attached hydrogens (tertiary/aromatic N) is 1. The molecule has 0 bridgehead atoms. The number of benzene rings is 2. The molecule has 2 aromatic carbocycles. The normalized spacial score (nSPS) is 20.6. The summed E-state index contributed by atoms with van der Waals surface area (Å²) in [6.07, 6.45) is 6.68. The zero-order valence-electron chi connectivity index (χ0n) is 17.5. The molecule has 1 N–H and O–H groups in total. The van der Waals surface area contributed by atoms with Crippen molar-refractivity contribution in [1.29, 1.82) is 0 Å². The molecule has 2 saturated heterocycles. The molecule has 0 aromatic heterocycles. The summed E-state index contributed by atoms with van der Waals surface area (Å²) in [7, 11) is 2.23. The molecule has 2 aliphatic heterocycles. The van der Waals surface area contributed by atoms with Crippen molar-refractivity contribution in [3.8, 4) is 0 Å². The molecule has 0 radical (unpaired) electrons. The van der Waals surface area contributed by atoms with Gasteiger partial charge in [-0.25, -0.2) is 0 Å². The summed E-state index contributed by atoms with van der Waals surface area (Å²) in [4.78, 5) is 2.45. The number of nitrogens with one attached hydrogen (secondary N) is 1. The minimum Gasteiger partial charge on any atom is -0.316 e. The number of halogens is 1. The summed E-state index contributed by atoms with van der Waals surface area (Å²) < 4.78 is 1.25. The van der Waals surface area contributed by atoms with Gasteiger partial charge in [-0.3, -0.25) is 0 Å². The van der Waals surface area contributed by atoms with E-state index in [-0.39, 0.29) is 0 Å². The van der Waals surface area contributed by atoms with E-state index in [1.165, 1.54) is 66.4 Å². The highest BCUT2D eigenvalue weighted by Crippen LogP contribution is 2.28. The maximum absolute atomic E-state index is 3.58. The topological polar surface area (TPSA) is 15.3 Å². The van der Waals surface area contributed by atoms with Crippen LogP contribution in [0.2, 0.25) is 0 Å². The molecule has 4 rings (SSSR count). The Bertz CT molecular complexity index is 699. The molecule has 1 atom stereocenters. The van der Waals surface area contributed by atoms with Crippen molar-refractivity contribution >= 4 is 15.9 Å². The van der Waals surface area contributed by atoms with E-state index in [1.807, 2.05) is 0 Å². The van der Waals surface area contributed by atoms with Gasteiger partial charge in [0.25, 0.3) is 0 Å². The van der Waals surface area contributed by atoms with Crippen LogP contribution < -0.4 is 5.32 Å². The molecule has 0 saturated carbocycles. The fourth-order valence-corrected chi connectivity index (χ4v) is 4.81. The second kappa shape index (κ2) is 11.1. The minimum atomic E-state index is 0.709. The number of hydrogen-bond acceptors (Lipinski definition) is 2. The monoisotopic (exact) mass is 442 g/mol. The van der Waals surface area contributed by atoms with Crippen LogP contribution in [0.1, 0.15) is 48.3 Å². The Morgan fingerprint density at radius 1 is 1.00 bits per heavy atom. The van der Waals surface area contributed by atoms with Gasteiger partial charge in [0.05, 0.1) is 0 Å². The van der Waals surface area contributed by atoms with Crippen molar-refractivity contribution in [2.24, 2.45) is 5.92 Å². The lowest BCUT2D eigenvalue weighted by molar-refractivity contribution is 0.212. The Kier molecular flexibility index (Phi) is 8.57. The third-order valence-corrected chi connectivity index (χ3v) is 6.93. The van der Waals surface area contributed by atoms with Crippen molar-refractivity contribution in [2.45, 2.75) is 44.9 Å². The van der Waals surface area contributed by atoms with E-state index < -0.39 is 0 Å². The molecule has 2 heterocycles. The second-order valence-electron chi connectivity index (χ2n) is 8.48. The van der Waals surface area contributed by atoms with Gasteiger partial charge in [-0.1, -0.05) is 64.0 Å². The van der Waals surface area contributed by atoms with Crippen LogP contribution in [-0.4, -0.2) is 38.1 Å². The van der Waals surface area contributed by atoms with Gasteiger partial charge in [-0.05, 0) is 94.7 Å². The Morgan fingerprint density at radius 2 is 1.71 bits per heavy atom. The zero-order valence-corrected chi connectivity index (χ0v) is 19.0. The van der Waals surface area contributed by atoms with Crippen molar-refractivity contribution in [3.05, 3.63) is 69.7 Å². The third-order valence-electron chi connectivity index (χ3n) is 6.21. The second-order valence-corrected chi connectivity index (χ2v) is 9.34. The number of hydrogen-bond donors (Lipinski definition) is 1. The van der Waals surface area contributed by atoms with Crippen LogP contribution in [0.15, 0.2) is 53.0 Å². The van der Waals surface area contributed by atoms with Crippen molar-refractivity contribution in [3.63, 3.8) is 0 Å². The first-order valence-electron chi connectivity index (χ1n) is 10.8. The molecule has 2 fully saturated rings. The lowest BCUT2D eigenvalue weighted by Gasteiger charge is -2.28. The van der Waals surface area contributed by atoms with Crippen molar-refractivity contribution in [2.75, 3.05) is 33.2 Å². The van der Waals surface area contributed by atoms with Gasteiger partial charge < -0.3 is 10.2 Å². The van der Waals surface area contributed by atoms with E-state index >= 15 is 0 Å². The Balaban J connectivity index is 0.000000167. The first-order chi connectivity index (χ1) is 13.6. The highest BCUT2D eigenvalue weighted by molar-refractivity contribution is 9.10. The van der Waals surface area contributed by atoms with Gasteiger partial charge in [0, 0.05) is 11.0 Å². The summed E-state index contributed by atoms with van der Waals surface area (Å²) in [6.45, 7) is 7.02. The summed E-state index contributed by atoms with van der Waals surface area (Å²) in [5.74, 6) is 1.66. The molecule has 1 unspecified atom stereocenters. The SMILES string of the molecule is Brc1ccccc1C1CCNC1.Cc1ccc(CCC2CCN(C)CC2)cc1. The van der Waals surface area contributed by atoms with Crippen molar-refractivity contribution in [1.82, 2.24) is 10.2 Å². The summed E-state index contributed by atoms with van der Waals surface area (Å²) in [5.41, 5.74) is 4.31. The quantitative estimate of drug-likeness (QED) is 0.643. The van der Waals surface area contributed by atoms with E-state index in [0.717, 1.165) is 19.0 Å². The Morgan fingerprint density at radius 3 is 2.36 bits per heavy atom. The third kappa shape index (κ3) is 6.72. The predicted octanol–water partition coefficient (Wildman–Crippen LogP) is 5.80. The maximum Gasteiger partial charge on any atom is 0.0210 e. The molecule has 2 aliphatic rings. The van der Waals surface area contributed by atoms with E-state index in [4.69, 9.17) is 0 Å². The van der Waals surface area contributed by atoms with Crippen LogP contribution in [-0.2, 0) is 6.42 Å². The highest BCUT2D eigenvalue weighted by Gasteiger charge is 2.18. The lowest BCUT2D eigenvalue weighted by Crippen LogP contribution is -2.30. The van der Waals surface area contributed by atoms with Crippen LogP contribution in [0, 0.1) is 12.8 Å². The molecular weight excluding hydrogens is 408 g/mol. The van der Waals surface area contributed by atoms with E-state index in [2.05, 4.69) is 88.6 Å². The lowest BCUT2D eigenvalue weighted by atomic mass is 9.91. The molecule has 0 spiro atoms. The van der Waals surface area contributed by atoms with E-state index in [9.17, 15) is 0 Å². The summed E-state index contributed by atoms with van der Waals surface area (Å²) >= 11 is 3.58. The average molecular weight is 443 g/mol. The molecule has 28 heavy (non-hydrogen) atoms. The highest BCUT2D eigenvalue weighted by atomic mass is 79.9. The summed E-state index contributed by atoms with van der Waals surface area (Å²) in [6, 6.07) is 17.5. The maximum atomic E-state index is 3.58. The fraction of sp³-hybridized carbons (Fsp3) is 0.520. The molecule has 0 amide bonds. The van der Waals surface area contributed by atoms with Gasteiger partial charge in [0.1, 0.15) is 0 Å². The van der Waals surface area contributed by atoms with Gasteiger partial charge >= 0.3 is 0 Å². The number of rotatable bonds is 4. The van der Waals surface area contributed by atoms with Crippen LogP contribution >= 0.6 is 15.9 Å². The Labute approximate surface area is 179 Å². The van der Waals surface area contributed by atoms with Gasteiger partial charge in [0.15, 0.2) is 0 Å². The standard InChI is InChI=1S/C15H23N.C10H12BrN/c1-13-3-5-14(6-4-13)7-8-15-9-11-16(2)12-10-15;11-10-4-2-1-3-9(10)8-5-6-12-7-8/h3-6,15H,7-12H2,1-2H3;1-4,8,12H,5-7H2. The summed E-state index contributed by atoms with van der Waals surface area (Å²) in [5, 5.41) is 3.38. The Hall–Kier alpha value is -1.16. The molecule has 2 nitrogen and oxygen atoms in total. The van der Waals surface area contributed by atoms with E-state index in [0.29, 0.717) is 5.92 Å². The van der Waals surface area contributed by atoms with Crippen LogP contribution in [0.3, 0.4) is 0 Å². The van der Waals surface area contributed by atoms with Crippen LogP contribution in [0.5, 0.6) is 0 Å². The molecule has 3 heteroatoms. The largest absolute Gasteiger partial charge is 0.316 e. The first-order valence-corrected chi connectivity index (χ1v) is 11.6. The zero-order chi connectivity index (χ0) is 19.8. The number of piperidine rings is 1. The van der Waals surface area contributed by atoms with Crippen molar-refractivity contribution < 1.29 is 0 Å². The smallest absolute Gasteiger partial charge is 0.0210 e. The predicted molar refractivity (Wildman–Crippen MR) is 124 cm³/mol. The van der Waals surface area contributed by atoms with E-state index in [1.54, 1.807) is 0 Å². The molecule has 0 aliphatic carbocycles. The van der Waals surface area contributed by atoms with Gasteiger partial charge in [-0.15, -0.1) is 0 Å². The van der Waals surface area contributed by atoms with Crippen LogP contribution in [0.4, 0.5) is 0 Å². The minimum absolute atomic E-state index is 0.709. The number of likely N-dealkylation sites (tertiary alicyclic amines) is 1. The number of aryl methyl sites for hydroxylation is 2. The van der Waals surface area contributed by atoms with Gasteiger partial charge in [-0.2, -0.15) is 0 Å². The molecule has 152 valence electrons.